The zero-order chi connectivity index (χ0) is 13.8. The summed E-state index contributed by atoms with van der Waals surface area (Å²) >= 11 is 0. The molecule has 0 radical (unpaired) electrons. The number of esters is 1. The quantitative estimate of drug-likeness (QED) is 0.660. The minimum atomic E-state index is -0.148. The van der Waals surface area contributed by atoms with Crippen molar-refractivity contribution in [3.8, 4) is 0 Å². The van der Waals surface area contributed by atoms with Crippen LogP contribution in [0.2, 0.25) is 0 Å². The van der Waals surface area contributed by atoms with Crippen LogP contribution in [0.25, 0.3) is 11.0 Å². The highest BCUT2D eigenvalue weighted by atomic mass is 16.5. The summed E-state index contributed by atoms with van der Waals surface area (Å²) < 4.78 is 6.94. The van der Waals surface area contributed by atoms with Gasteiger partial charge in [-0.15, -0.1) is 0 Å². The zero-order valence-corrected chi connectivity index (χ0v) is 11.3. The lowest BCUT2D eigenvalue weighted by molar-refractivity contribution is -0.143. The maximum Gasteiger partial charge on any atom is 0.305 e. The summed E-state index contributed by atoms with van der Waals surface area (Å²) in [7, 11) is 1.98. The number of aryl methyl sites for hydroxylation is 2. The molecule has 1 aromatic carbocycles. The Bertz CT molecular complexity index is 590. The topological polar surface area (TPSA) is 70.1 Å². The molecule has 1 aromatic heterocycles. The van der Waals surface area contributed by atoms with E-state index in [1.807, 2.05) is 36.7 Å². The maximum atomic E-state index is 11.3. The summed E-state index contributed by atoms with van der Waals surface area (Å²) in [5, 5.41) is 0. The van der Waals surface area contributed by atoms with E-state index in [9.17, 15) is 4.79 Å². The van der Waals surface area contributed by atoms with Crippen LogP contribution in [0.15, 0.2) is 18.2 Å². The van der Waals surface area contributed by atoms with Gasteiger partial charge in [-0.25, -0.2) is 4.98 Å². The van der Waals surface area contributed by atoms with Gasteiger partial charge in [-0.3, -0.25) is 4.79 Å². The molecule has 0 atom stereocenters. The first-order valence-corrected chi connectivity index (χ1v) is 6.48. The van der Waals surface area contributed by atoms with Crippen molar-refractivity contribution in [3.63, 3.8) is 0 Å². The van der Waals surface area contributed by atoms with Crippen molar-refractivity contribution in [2.45, 2.75) is 26.2 Å². The molecule has 2 N–H and O–H groups in total. The van der Waals surface area contributed by atoms with Crippen molar-refractivity contribution in [2.24, 2.45) is 7.05 Å². The van der Waals surface area contributed by atoms with Gasteiger partial charge in [0.2, 0.25) is 0 Å². The second-order valence-corrected chi connectivity index (χ2v) is 4.49. The van der Waals surface area contributed by atoms with Gasteiger partial charge in [0.1, 0.15) is 5.82 Å². The van der Waals surface area contributed by atoms with Crippen LogP contribution >= 0.6 is 0 Å². The van der Waals surface area contributed by atoms with E-state index >= 15 is 0 Å². The third-order valence-corrected chi connectivity index (χ3v) is 3.08. The summed E-state index contributed by atoms with van der Waals surface area (Å²) in [6, 6.07) is 5.70. The fourth-order valence-corrected chi connectivity index (χ4v) is 2.11. The number of hydrogen-bond donors (Lipinski definition) is 1. The highest BCUT2D eigenvalue weighted by Crippen LogP contribution is 2.18. The number of benzene rings is 1. The maximum absolute atomic E-state index is 11.3. The van der Waals surface area contributed by atoms with Gasteiger partial charge in [-0.05, 0) is 31.5 Å². The second kappa shape index (κ2) is 5.73. The molecular weight excluding hydrogens is 242 g/mol. The Kier molecular flexibility index (Phi) is 4.04. The van der Waals surface area contributed by atoms with E-state index < -0.39 is 0 Å². The van der Waals surface area contributed by atoms with E-state index in [1.54, 1.807) is 0 Å². The molecule has 0 unspecified atom stereocenters. The Hall–Kier alpha value is -2.04. The van der Waals surface area contributed by atoms with Gasteiger partial charge < -0.3 is 15.0 Å². The third kappa shape index (κ3) is 3.05. The third-order valence-electron chi connectivity index (χ3n) is 3.08. The molecule has 0 fully saturated rings. The number of fused-ring (bicyclic) bond motifs is 1. The predicted octanol–water partition coefficient (Wildman–Crippen LogP) is 2.04. The first-order valence-electron chi connectivity index (χ1n) is 6.48. The number of carbonyl (C=O) groups is 1. The van der Waals surface area contributed by atoms with E-state index in [1.165, 1.54) is 0 Å². The van der Waals surface area contributed by atoms with E-state index in [0.29, 0.717) is 18.7 Å². The molecule has 0 amide bonds. The number of nitrogens with zero attached hydrogens (tertiary/aromatic N) is 2. The van der Waals surface area contributed by atoms with Crippen LogP contribution in [-0.4, -0.2) is 22.1 Å². The fraction of sp³-hybridized carbons (Fsp3) is 0.429. The van der Waals surface area contributed by atoms with Gasteiger partial charge in [0.25, 0.3) is 0 Å². The van der Waals surface area contributed by atoms with Gasteiger partial charge in [0.15, 0.2) is 0 Å². The molecule has 102 valence electrons. The van der Waals surface area contributed by atoms with Crippen LogP contribution in [0.5, 0.6) is 0 Å². The molecule has 19 heavy (non-hydrogen) atoms. The molecule has 2 aromatic rings. The molecule has 5 nitrogen and oxygen atoms in total. The van der Waals surface area contributed by atoms with Crippen LogP contribution in [0.4, 0.5) is 5.69 Å². The molecule has 0 bridgehead atoms. The van der Waals surface area contributed by atoms with Gasteiger partial charge in [-0.2, -0.15) is 0 Å². The van der Waals surface area contributed by atoms with Crippen molar-refractivity contribution in [2.75, 3.05) is 12.3 Å². The normalized spacial score (nSPS) is 10.8. The zero-order valence-electron chi connectivity index (χ0n) is 11.3. The van der Waals surface area contributed by atoms with Gasteiger partial charge >= 0.3 is 5.97 Å². The van der Waals surface area contributed by atoms with E-state index in [-0.39, 0.29) is 5.97 Å². The van der Waals surface area contributed by atoms with Gasteiger partial charge in [0.05, 0.1) is 17.6 Å². The van der Waals surface area contributed by atoms with Crippen molar-refractivity contribution in [1.29, 1.82) is 0 Å². The number of ether oxygens (including phenoxy) is 1. The lowest BCUT2D eigenvalue weighted by Crippen LogP contribution is -2.05. The van der Waals surface area contributed by atoms with Crippen molar-refractivity contribution in [1.82, 2.24) is 9.55 Å². The largest absolute Gasteiger partial charge is 0.466 e. The highest BCUT2D eigenvalue weighted by molar-refractivity contribution is 5.79. The fourth-order valence-electron chi connectivity index (χ4n) is 2.11. The predicted molar refractivity (Wildman–Crippen MR) is 74.7 cm³/mol. The summed E-state index contributed by atoms with van der Waals surface area (Å²) in [5.41, 5.74) is 8.41. The van der Waals surface area contributed by atoms with Crippen LogP contribution in [0.1, 0.15) is 25.6 Å². The van der Waals surface area contributed by atoms with Crippen LogP contribution < -0.4 is 5.73 Å². The van der Waals surface area contributed by atoms with Crippen LogP contribution in [-0.2, 0) is 23.0 Å². The lowest BCUT2D eigenvalue weighted by atomic mass is 10.2. The number of hydrogen-bond acceptors (Lipinski definition) is 4. The molecule has 5 heteroatoms. The Labute approximate surface area is 112 Å². The summed E-state index contributed by atoms with van der Waals surface area (Å²) in [4.78, 5) is 15.8. The van der Waals surface area contributed by atoms with E-state index in [0.717, 1.165) is 29.7 Å². The number of aromatic nitrogens is 2. The Morgan fingerprint density at radius 3 is 3.00 bits per heavy atom. The first-order chi connectivity index (χ1) is 9.11. The summed E-state index contributed by atoms with van der Waals surface area (Å²) in [6.07, 6.45) is 1.93. The molecule has 1 heterocycles. The number of nitrogen functional groups attached to an aromatic ring is 1. The number of imidazole rings is 1. The molecule has 0 saturated heterocycles. The number of carbonyl (C=O) groups excluding carboxylic acids is 1. The highest BCUT2D eigenvalue weighted by Gasteiger charge is 2.09. The Morgan fingerprint density at radius 2 is 2.26 bits per heavy atom. The smallest absolute Gasteiger partial charge is 0.305 e. The molecule has 2 rings (SSSR count). The van der Waals surface area contributed by atoms with Gasteiger partial charge in [-0.1, -0.05) is 0 Å². The SMILES string of the molecule is CCOC(=O)CCCc1nc2cc(N)ccc2n1C. The van der Waals surface area contributed by atoms with Crippen molar-refractivity contribution < 1.29 is 9.53 Å². The van der Waals surface area contributed by atoms with E-state index in [2.05, 4.69) is 4.98 Å². The molecule has 0 spiro atoms. The molecule has 0 aliphatic heterocycles. The average Bonchev–Trinajstić information content (AvgIpc) is 2.66. The summed E-state index contributed by atoms with van der Waals surface area (Å²) in [6.45, 7) is 2.25. The minimum absolute atomic E-state index is 0.148. The first kappa shape index (κ1) is 13.4. The van der Waals surface area contributed by atoms with Crippen molar-refractivity contribution in [3.05, 3.63) is 24.0 Å². The average molecular weight is 261 g/mol. The molecule has 0 aliphatic carbocycles. The molecule has 0 saturated carbocycles. The second-order valence-electron chi connectivity index (χ2n) is 4.49. The number of anilines is 1. The lowest BCUT2D eigenvalue weighted by Gasteiger charge is -2.03. The van der Waals surface area contributed by atoms with Crippen molar-refractivity contribution >= 4 is 22.7 Å². The standard InChI is InChI=1S/C14H19N3O2/c1-3-19-14(18)6-4-5-13-16-11-9-10(15)7-8-12(11)17(13)2/h7-9H,3-6,15H2,1-2H3. The van der Waals surface area contributed by atoms with Gasteiger partial charge in [0, 0.05) is 25.6 Å². The van der Waals surface area contributed by atoms with E-state index in [4.69, 9.17) is 10.5 Å². The minimum Gasteiger partial charge on any atom is -0.466 e. The number of nitrogens with two attached hydrogens (primary N) is 1. The Morgan fingerprint density at radius 1 is 1.47 bits per heavy atom. The molecular formula is C14H19N3O2. The van der Waals surface area contributed by atoms with Crippen LogP contribution in [0, 0.1) is 0 Å². The van der Waals surface area contributed by atoms with Crippen LogP contribution in [0.3, 0.4) is 0 Å². The summed E-state index contributed by atoms with van der Waals surface area (Å²) in [5.74, 6) is 0.815. The monoisotopic (exact) mass is 261 g/mol. The Balaban J connectivity index is 2.05. The number of rotatable bonds is 5. The molecule has 0 aliphatic rings.